The lowest BCUT2D eigenvalue weighted by Gasteiger charge is -2.19. The van der Waals surface area contributed by atoms with Crippen molar-refractivity contribution in [1.29, 1.82) is 0 Å². The van der Waals surface area contributed by atoms with Crippen molar-refractivity contribution < 1.29 is 27.8 Å². The summed E-state index contributed by atoms with van der Waals surface area (Å²) in [4.78, 5) is 16.1. The van der Waals surface area contributed by atoms with Gasteiger partial charge in [-0.25, -0.2) is 4.79 Å². The molecule has 0 fully saturated rings. The second-order valence-electron chi connectivity index (χ2n) is 7.23. The number of carbonyl (C=O) groups is 1. The van der Waals surface area contributed by atoms with E-state index in [-0.39, 0.29) is 11.5 Å². The fourth-order valence-electron chi connectivity index (χ4n) is 2.36. The average molecular weight is 430 g/mol. The van der Waals surface area contributed by atoms with Gasteiger partial charge in [-0.1, -0.05) is 6.07 Å². The van der Waals surface area contributed by atoms with Gasteiger partial charge in [0.05, 0.1) is 7.11 Å². The molecule has 0 saturated heterocycles. The zero-order valence-corrected chi connectivity index (χ0v) is 18.2. The molecule has 170 valence electrons. The number of nitrogens with one attached hydrogen (secondary N) is 3. The highest BCUT2D eigenvalue weighted by molar-refractivity contribution is 5.79. The molecule has 0 heterocycles. The van der Waals surface area contributed by atoms with E-state index in [9.17, 15) is 13.6 Å². The molecule has 0 bridgehead atoms. The summed E-state index contributed by atoms with van der Waals surface area (Å²) in [6.45, 7) is 6.32. The number of hydrogen-bond donors (Lipinski definition) is 3. The molecule has 0 radical (unpaired) electrons. The van der Waals surface area contributed by atoms with Gasteiger partial charge in [-0.2, -0.15) is 8.78 Å². The number of guanidine groups is 1. The lowest BCUT2D eigenvalue weighted by atomic mass is 10.1. The predicted octanol–water partition coefficient (Wildman–Crippen LogP) is 2.92. The number of amides is 1. The zero-order chi connectivity index (χ0) is 22.6. The molecule has 3 N–H and O–H groups in total. The third kappa shape index (κ3) is 10.7. The Morgan fingerprint density at radius 3 is 2.43 bits per heavy atom. The first-order chi connectivity index (χ1) is 14.1. The van der Waals surface area contributed by atoms with Gasteiger partial charge in [0, 0.05) is 26.2 Å². The van der Waals surface area contributed by atoms with Crippen LogP contribution in [0.25, 0.3) is 0 Å². The van der Waals surface area contributed by atoms with Crippen molar-refractivity contribution in [3.63, 3.8) is 0 Å². The Kier molecular flexibility index (Phi) is 10.7. The molecule has 0 unspecified atom stereocenters. The molecule has 30 heavy (non-hydrogen) atoms. The van der Waals surface area contributed by atoms with Crippen molar-refractivity contribution in [2.45, 2.75) is 46.3 Å². The van der Waals surface area contributed by atoms with Crippen LogP contribution in [0.4, 0.5) is 13.6 Å². The number of nitrogens with zero attached hydrogens (tertiary/aromatic N) is 1. The fraction of sp³-hybridized carbons (Fsp3) is 0.600. The smallest absolute Gasteiger partial charge is 0.407 e. The first-order valence-electron chi connectivity index (χ1n) is 9.75. The molecular formula is C20H32F2N4O4. The van der Waals surface area contributed by atoms with Crippen molar-refractivity contribution in [3.8, 4) is 11.5 Å². The molecule has 1 amide bonds. The van der Waals surface area contributed by atoms with Crippen LogP contribution in [0.3, 0.4) is 0 Å². The third-order valence-electron chi connectivity index (χ3n) is 3.54. The second kappa shape index (κ2) is 12.7. The molecule has 0 atom stereocenters. The van der Waals surface area contributed by atoms with Gasteiger partial charge >= 0.3 is 12.7 Å². The van der Waals surface area contributed by atoms with Gasteiger partial charge in [0.1, 0.15) is 5.60 Å². The van der Waals surface area contributed by atoms with Gasteiger partial charge in [-0.15, -0.1) is 0 Å². The van der Waals surface area contributed by atoms with E-state index in [2.05, 4.69) is 25.7 Å². The van der Waals surface area contributed by atoms with E-state index >= 15 is 0 Å². The van der Waals surface area contributed by atoms with Crippen molar-refractivity contribution in [2.75, 3.05) is 33.3 Å². The predicted molar refractivity (Wildman–Crippen MR) is 112 cm³/mol. The maximum absolute atomic E-state index is 12.5. The van der Waals surface area contributed by atoms with Crippen LogP contribution in [0.15, 0.2) is 23.2 Å². The largest absolute Gasteiger partial charge is 0.493 e. The number of hydrogen-bond acceptors (Lipinski definition) is 5. The molecule has 8 nitrogen and oxygen atoms in total. The standard InChI is InChI=1S/C20H32F2N4O4/c1-6-23-18(25-11-12-26-19(27)30-20(2,3)4)24-10-9-14-7-8-15(28-5)16(13-14)29-17(21)22/h7-8,13,17H,6,9-12H2,1-5H3,(H,26,27)(H2,23,24,25). The summed E-state index contributed by atoms with van der Waals surface area (Å²) in [5.41, 5.74) is 0.243. The van der Waals surface area contributed by atoms with E-state index in [0.29, 0.717) is 38.6 Å². The van der Waals surface area contributed by atoms with Gasteiger partial charge in [-0.3, -0.25) is 4.99 Å². The highest BCUT2D eigenvalue weighted by Crippen LogP contribution is 2.29. The molecule has 1 rings (SSSR count). The summed E-state index contributed by atoms with van der Waals surface area (Å²) in [6, 6.07) is 4.88. The van der Waals surface area contributed by atoms with E-state index in [1.165, 1.54) is 13.2 Å². The zero-order valence-electron chi connectivity index (χ0n) is 18.2. The number of benzene rings is 1. The van der Waals surface area contributed by atoms with Gasteiger partial charge < -0.3 is 30.2 Å². The number of alkyl halides is 2. The summed E-state index contributed by atoms with van der Waals surface area (Å²) in [5, 5.41) is 8.87. The van der Waals surface area contributed by atoms with E-state index in [1.807, 2.05) is 6.92 Å². The number of rotatable bonds is 10. The number of ether oxygens (including phenoxy) is 3. The van der Waals surface area contributed by atoms with Gasteiger partial charge in [-0.05, 0) is 51.8 Å². The Hall–Kier alpha value is -2.78. The lowest BCUT2D eigenvalue weighted by Crippen LogP contribution is -2.42. The van der Waals surface area contributed by atoms with E-state index in [4.69, 9.17) is 9.47 Å². The van der Waals surface area contributed by atoms with Gasteiger partial charge in [0.25, 0.3) is 0 Å². The number of methoxy groups -OCH3 is 1. The number of aliphatic imine (C=N–C) groups is 1. The Morgan fingerprint density at radius 1 is 1.13 bits per heavy atom. The first-order valence-corrected chi connectivity index (χ1v) is 9.75. The summed E-state index contributed by atoms with van der Waals surface area (Å²) in [7, 11) is 1.39. The topological polar surface area (TPSA) is 93.2 Å². The van der Waals surface area contributed by atoms with E-state index < -0.39 is 18.3 Å². The molecular weight excluding hydrogens is 398 g/mol. The molecule has 1 aromatic rings. The summed E-state index contributed by atoms with van der Waals surface area (Å²) in [5.74, 6) is 0.823. The Bertz CT molecular complexity index is 694. The summed E-state index contributed by atoms with van der Waals surface area (Å²) >= 11 is 0. The maximum atomic E-state index is 12.5. The Morgan fingerprint density at radius 2 is 1.83 bits per heavy atom. The monoisotopic (exact) mass is 430 g/mol. The molecule has 10 heteroatoms. The quantitative estimate of drug-likeness (QED) is 0.300. The van der Waals surface area contributed by atoms with Crippen LogP contribution in [-0.2, 0) is 11.2 Å². The van der Waals surface area contributed by atoms with Crippen molar-refractivity contribution in [2.24, 2.45) is 4.99 Å². The van der Waals surface area contributed by atoms with Crippen molar-refractivity contribution in [1.82, 2.24) is 16.0 Å². The Balaban J connectivity index is 2.53. The van der Waals surface area contributed by atoms with Crippen molar-refractivity contribution >= 4 is 12.1 Å². The van der Waals surface area contributed by atoms with Crippen LogP contribution in [0.2, 0.25) is 0 Å². The van der Waals surface area contributed by atoms with Gasteiger partial charge in [0.15, 0.2) is 17.5 Å². The van der Waals surface area contributed by atoms with Crippen LogP contribution in [0.5, 0.6) is 11.5 Å². The maximum Gasteiger partial charge on any atom is 0.407 e. The number of carbonyl (C=O) groups excluding carboxylic acids is 1. The molecule has 1 aromatic carbocycles. The fourth-order valence-corrected chi connectivity index (χ4v) is 2.36. The Labute approximate surface area is 176 Å². The molecule has 0 aromatic heterocycles. The minimum absolute atomic E-state index is 0.00720. The first kappa shape index (κ1) is 25.3. The van der Waals surface area contributed by atoms with E-state index in [1.54, 1.807) is 32.9 Å². The minimum atomic E-state index is -2.92. The highest BCUT2D eigenvalue weighted by Gasteiger charge is 2.15. The van der Waals surface area contributed by atoms with E-state index in [0.717, 1.165) is 5.56 Å². The molecule has 0 aliphatic carbocycles. The van der Waals surface area contributed by atoms with Crippen LogP contribution >= 0.6 is 0 Å². The normalized spacial score (nSPS) is 11.8. The molecule has 0 spiro atoms. The highest BCUT2D eigenvalue weighted by atomic mass is 19.3. The summed E-state index contributed by atoms with van der Waals surface area (Å²) < 4.78 is 39.8. The average Bonchev–Trinajstić information content (AvgIpc) is 2.63. The van der Waals surface area contributed by atoms with Crippen LogP contribution in [0, 0.1) is 0 Å². The third-order valence-corrected chi connectivity index (χ3v) is 3.54. The minimum Gasteiger partial charge on any atom is -0.493 e. The second-order valence-corrected chi connectivity index (χ2v) is 7.23. The van der Waals surface area contributed by atoms with Crippen LogP contribution < -0.4 is 25.4 Å². The lowest BCUT2D eigenvalue weighted by molar-refractivity contribution is -0.0512. The van der Waals surface area contributed by atoms with Crippen LogP contribution in [0.1, 0.15) is 33.3 Å². The number of alkyl carbamates (subject to hydrolysis) is 1. The molecule has 0 aliphatic rings. The van der Waals surface area contributed by atoms with Gasteiger partial charge in [0.2, 0.25) is 0 Å². The molecule has 0 saturated carbocycles. The summed E-state index contributed by atoms with van der Waals surface area (Å²) in [6.07, 6.45) is 0.0450. The molecule has 0 aliphatic heterocycles. The van der Waals surface area contributed by atoms with Crippen molar-refractivity contribution in [3.05, 3.63) is 23.8 Å². The SMILES string of the molecule is CCNC(=NCCc1ccc(OC)c(OC(F)F)c1)NCCNC(=O)OC(C)(C)C. The number of halogens is 2. The van der Waals surface area contributed by atoms with Crippen LogP contribution in [-0.4, -0.2) is 57.6 Å².